The molecule has 0 atom stereocenters. The molecule has 1 aromatic heterocycles. The van der Waals surface area contributed by atoms with Crippen LogP contribution in [0.1, 0.15) is 40.1 Å². The molecule has 0 saturated heterocycles. The quantitative estimate of drug-likeness (QED) is 0.262. The van der Waals surface area contributed by atoms with Gasteiger partial charge in [-0.3, -0.25) is 9.59 Å². The molecule has 34 heavy (non-hydrogen) atoms. The van der Waals surface area contributed by atoms with Gasteiger partial charge in [0, 0.05) is 11.6 Å². The zero-order valence-corrected chi connectivity index (χ0v) is 18.5. The normalized spacial score (nSPS) is 11.2. The molecule has 3 aromatic carbocycles. The van der Waals surface area contributed by atoms with Gasteiger partial charge in [0.25, 0.3) is 5.91 Å². The molecule has 4 aromatic rings. The minimum atomic E-state index is -0.788. The van der Waals surface area contributed by atoms with Crippen LogP contribution in [0.5, 0.6) is 5.75 Å². The first kappa shape index (κ1) is 23.0. The highest BCUT2D eigenvalue weighted by molar-refractivity contribution is 5.94. The Morgan fingerprint density at radius 3 is 2.47 bits per heavy atom. The number of para-hydroxylation sites is 1. The molecule has 1 heterocycles. The molecule has 0 radical (unpaired) electrons. The van der Waals surface area contributed by atoms with E-state index in [2.05, 4.69) is 0 Å². The highest BCUT2D eigenvalue weighted by atomic mass is 19.1. The van der Waals surface area contributed by atoms with Crippen molar-refractivity contribution in [2.24, 2.45) is 5.73 Å². The van der Waals surface area contributed by atoms with Crippen molar-refractivity contribution >= 4 is 29.0 Å². The van der Waals surface area contributed by atoms with Crippen LogP contribution in [0.15, 0.2) is 82.0 Å². The van der Waals surface area contributed by atoms with Gasteiger partial charge in [0.2, 0.25) is 0 Å². The highest BCUT2D eigenvalue weighted by Crippen LogP contribution is 2.21. The van der Waals surface area contributed by atoms with Crippen LogP contribution < -0.4 is 15.9 Å². The van der Waals surface area contributed by atoms with Gasteiger partial charge in [-0.25, -0.2) is 4.39 Å². The number of rotatable bonds is 9. The van der Waals surface area contributed by atoms with Crippen LogP contribution in [-0.2, 0) is 6.42 Å². The third kappa shape index (κ3) is 5.78. The Kier molecular flexibility index (Phi) is 7.18. The van der Waals surface area contributed by atoms with Crippen molar-refractivity contribution in [3.05, 3.63) is 111 Å². The van der Waals surface area contributed by atoms with E-state index in [1.165, 1.54) is 12.1 Å². The summed E-state index contributed by atoms with van der Waals surface area (Å²) < 4.78 is 24.3. The Morgan fingerprint density at radius 2 is 1.74 bits per heavy atom. The first-order chi connectivity index (χ1) is 16.5. The molecule has 4 rings (SSSR count). The molecular formula is C28H24FNO4. The molecule has 0 aliphatic rings. The van der Waals surface area contributed by atoms with Crippen molar-refractivity contribution < 1.29 is 18.3 Å². The molecule has 172 valence electrons. The SMILES string of the molecule is NC(=O)c1cc(=O)c2cccc(C=Cc3ccc(OCCCCc4ccc(F)cc4)cc3)c2o1. The molecule has 0 aliphatic heterocycles. The molecule has 5 nitrogen and oxygen atoms in total. The van der Waals surface area contributed by atoms with Crippen LogP contribution in [0.3, 0.4) is 0 Å². The molecular weight excluding hydrogens is 433 g/mol. The molecule has 1 amide bonds. The number of ether oxygens (including phenoxy) is 1. The molecule has 0 spiro atoms. The van der Waals surface area contributed by atoms with Gasteiger partial charge in [-0.15, -0.1) is 0 Å². The van der Waals surface area contributed by atoms with E-state index in [1.54, 1.807) is 18.2 Å². The predicted octanol–water partition coefficient (Wildman–Crippen LogP) is 5.60. The number of benzene rings is 3. The van der Waals surface area contributed by atoms with E-state index in [9.17, 15) is 14.0 Å². The molecule has 6 heteroatoms. The summed E-state index contributed by atoms with van der Waals surface area (Å²) >= 11 is 0. The fraction of sp³-hybridized carbons (Fsp3) is 0.143. The minimum absolute atomic E-state index is 0.169. The predicted molar refractivity (Wildman–Crippen MR) is 131 cm³/mol. The van der Waals surface area contributed by atoms with Gasteiger partial charge >= 0.3 is 0 Å². The third-order valence-electron chi connectivity index (χ3n) is 5.41. The van der Waals surface area contributed by atoms with Gasteiger partial charge in [-0.1, -0.05) is 48.6 Å². The van der Waals surface area contributed by atoms with Crippen molar-refractivity contribution in [3.8, 4) is 5.75 Å². The Labute approximate surface area is 196 Å². The van der Waals surface area contributed by atoms with Crippen molar-refractivity contribution in [2.45, 2.75) is 19.3 Å². The Morgan fingerprint density at radius 1 is 0.971 bits per heavy atom. The second kappa shape index (κ2) is 10.6. The Balaban J connectivity index is 1.35. The largest absolute Gasteiger partial charge is 0.494 e. The second-order valence-corrected chi connectivity index (χ2v) is 7.90. The molecule has 0 aliphatic carbocycles. The monoisotopic (exact) mass is 457 g/mol. The average molecular weight is 458 g/mol. The number of amides is 1. The van der Waals surface area contributed by atoms with Gasteiger partial charge in [0.05, 0.1) is 12.0 Å². The number of hydrogen-bond donors (Lipinski definition) is 1. The summed E-state index contributed by atoms with van der Waals surface area (Å²) in [4.78, 5) is 23.7. The number of aryl methyl sites for hydroxylation is 1. The number of fused-ring (bicyclic) bond motifs is 1. The Bertz CT molecular complexity index is 1370. The first-order valence-corrected chi connectivity index (χ1v) is 11.0. The second-order valence-electron chi connectivity index (χ2n) is 7.90. The summed E-state index contributed by atoms with van der Waals surface area (Å²) in [6.45, 7) is 0.605. The topological polar surface area (TPSA) is 82.5 Å². The maximum Gasteiger partial charge on any atom is 0.284 e. The summed E-state index contributed by atoms with van der Waals surface area (Å²) in [5.74, 6) is -0.395. The minimum Gasteiger partial charge on any atom is -0.494 e. The fourth-order valence-corrected chi connectivity index (χ4v) is 3.59. The number of carbonyl (C=O) groups is 1. The van der Waals surface area contributed by atoms with Crippen LogP contribution >= 0.6 is 0 Å². The highest BCUT2D eigenvalue weighted by Gasteiger charge is 2.11. The number of nitrogens with two attached hydrogens (primary N) is 1. The maximum atomic E-state index is 12.9. The number of carbonyl (C=O) groups excluding carboxylic acids is 1. The number of primary amides is 1. The third-order valence-corrected chi connectivity index (χ3v) is 5.41. The summed E-state index contributed by atoms with van der Waals surface area (Å²) in [6, 6.07) is 20.6. The van der Waals surface area contributed by atoms with Gasteiger partial charge < -0.3 is 14.9 Å². The van der Waals surface area contributed by atoms with E-state index >= 15 is 0 Å². The number of hydrogen-bond acceptors (Lipinski definition) is 4. The van der Waals surface area contributed by atoms with Crippen molar-refractivity contribution in [1.29, 1.82) is 0 Å². The van der Waals surface area contributed by atoms with E-state index in [4.69, 9.17) is 14.9 Å². The zero-order chi connectivity index (χ0) is 23.9. The molecule has 0 fully saturated rings. The van der Waals surface area contributed by atoms with Crippen LogP contribution in [-0.4, -0.2) is 12.5 Å². The lowest BCUT2D eigenvalue weighted by Gasteiger charge is -2.07. The zero-order valence-electron chi connectivity index (χ0n) is 18.5. The lowest BCUT2D eigenvalue weighted by Crippen LogP contribution is -2.14. The van der Waals surface area contributed by atoms with E-state index < -0.39 is 5.91 Å². The smallest absolute Gasteiger partial charge is 0.284 e. The van der Waals surface area contributed by atoms with Crippen molar-refractivity contribution in [3.63, 3.8) is 0 Å². The van der Waals surface area contributed by atoms with Gasteiger partial charge in [0.1, 0.15) is 17.1 Å². The van der Waals surface area contributed by atoms with E-state index in [0.717, 1.165) is 42.2 Å². The van der Waals surface area contributed by atoms with Crippen LogP contribution in [0.2, 0.25) is 0 Å². The summed E-state index contributed by atoms with van der Waals surface area (Å²) in [7, 11) is 0. The van der Waals surface area contributed by atoms with E-state index in [0.29, 0.717) is 23.1 Å². The van der Waals surface area contributed by atoms with E-state index in [1.807, 2.05) is 48.6 Å². The molecule has 0 saturated carbocycles. The van der Waals surface area contributed by atoms with Crippen LogP contribution in [0, 0.1) is 5.82 Å². The molecule has 0 unspecified atom stereocenters. The van der Waals surface area contributed by atoms with Gasteiger partial charge in [-0.2, -0.15) is 0 Å². The lowest BCUT2D eigenvalue weighted by atomic mass is 10.1. The number of unbranched alkanes of at least 4 members (excludes halogenated alkanes) is 1. The summed E-state index contributed by atoms with van der Waals surface area (Å²) in [5, 5.41) is 0.385. The van der Waals surface area contributed by atoms with Gasteiger partial charge in [0.15, 0.2) is 11.2 Å². The van der Waals surface area contributed by atoms with Crippen LogP contribution in [0.25, 0.3) is 23.1 Å². The fourth-order valence-electron chi connectivity index (χ4n) is 3.59. The van der Waals surface area contributed by atoms with Crippen molar-refractivity contribution in [1.82, 2.24) is 0 Å². The van der Waals surface area contributed by atoms with Gasteiger partial charge in [-0.05, 0) is 60.7 Å². The Hall–Kier alpha value is -4.19. The molecule has 0 bridgehead atoms. The van der Waals surface area contributed by atoms with E-state index in [-0.39, 0.29) is 17.0 Å². The number of halogens is 1. The maximum absolute atomic E-state index is 12.9. The molecule has 2 N–H and O–H groups in total. The standard InChI is InChI=1S/C28H24FNO4/c29-22-13-8-19(9-14-22)4-1-2-17-33-23-15-10-20(11-16-23)7-12-21-5-3-6-24-25(31)18-26(28(30)32)34-27(21)24/h3,5-16,18H,1-2,4,17H2,(H2,30,32). The summed E-state index contributed by atoms with van der Waals surface area (Å²) in [6.07, 6.45) is 6.46. The first-order valence-electron chi connectivity index (χ1n) is 11.0. The summed E-state index contributed by atoms with van der Waals surface area (Å²) in [5.41, 5.74) is 8.00. The van der Waals surface area contributed by atoms with Crippen molar-refractivity contribution in [2.75, 3.05) is 6.61 Å². The average Bonchev–Trinajstić information content (AvgIpc) is 2.84. The van der Waals surface area contributed by atoms with Crippen LogP contribution in [0.4, 0.5) is 4.39 Å². The lowest BCUT2D eigenvalue weighted by molar-refractivity contribution is 0.0974.